The third-order valence-electron chi connectivity index (χ3n) is 10.1. The van der Waals surface area contributed by atoms with E-state index < -0.39 is 0 Å². The van der Waals surface area contributed by atoms with Crippen LogP contribution in [-0.2, 0) is 5.41 Å². The summed E-state index contributed by atoms with van der Waals surface area (Å²) in [5.74, 6) is 1.97. The van der Waals surface area contributed by atoms with Crippen LogP contribution in [-0.4, -0.2) is 15.0 Å². The molecule has 0 aliphatic heterocycles. The summed E-state index contributed by atoms with van der Waals surface area (Å²) in [7, 11) is 0. The minimum absolute atomic E-state index is 0.276. The third kappa shape index (κ3) is 5.44. The maximum atomic E-state index is 5.13. The Kier molecular flexibility index (Phi) is 7.48. The second kappa shape index (κ2) is 12.5. The molecule has 0 radical (unpaired) electrons. The molecule has 0 saturated heterocycles. The van der Waals surface area contributed by atoms with Gasteiger partial charge in [-0.3, -0.25) is 0 Å². The van der Waals surface area contributed by atoms with Crippen molar-refractivity contribution in [2.24, 2.45) is 0 Å². The van der Waals surface area contributed by atoms with Crippen molar-refractivity contribution in [2.45, 2.75) is 19.3 Å². The molecule has 0 N–H and O–H groups in total. The molecule has 1 heterocycles. The van der Waals surface area contributed by atoms with Gasteiger partial charge >= 0.3 is 0 Å². The number of benzene rings is 7. The first-order valence-corrected chi connectivity index (χ1v) is 17.5. The molecule has 8 aromatic rings. The van der Waals surface area contributed by atoms with Crippen LogP contribution in [0.4, 0.5) is 0 Å². The van der Waals surface area contributed by atoms with Crippen LogP contribution < -0.4 is 0 Å². The molecule has 9 rings (SSSR count). The predicted molar refractivity (Wildman–Crippen MR) is 210 cm³/mol. The number of nitrogens with zero attached hydrogens (tertiary/aromatic N) is 3. The van der Waals surface area contributed by atoms with Crippen LogP contribution in [0.1, 0.15) is 25.0 Å². The summed E-state index contributed by atoms with van der Waals surface area (Å²) in [5.41, 5.74) is 15.1. The van der Waals surface area contributed by atoms with Gasteiger partial charge in [-0.2, -0.15) is 0 Å². The molecule has 3 heteroatoms. The van der Waals surface area contributed by atoms with Crippen LogP contribution in [0.15, 0.2) is 176 Å². The largest absolute Gasteiger partial charge is 0.208 e. The van der Waals surface area contributed by atoms with Crippen molar-refractivity contribution in [1.29, 1.82) is 0 Å². The summed E-state index contributed by atoms with van der Waals surface area (Å²) in [5, 5.41) is 0. The maximum Gasteiger partial charge on any atom is 0.164 e. The van der Waals surface area contributed by atoms with Crippen molar-refractivity contribution in [1.82, 2.24) is 15.0 Å². The van der Waals surface area contributed by atoms with E-state index in [9.17, 15) is 0 Å². The van der Waals surface area contributed by atoms with Gasteiger partial charge in [-0.25, -0.2) is 15.0 Å². The van der Waals surface area contributed by atoms with Crippen LogP contribution in [0.5, 0.6) is 0 Å². The quantitative estimate of drug-likeness (QED) is 0.179. The first-order chi connectivity index (χ1) is 25.0. The molecular weight excluding hydrogens is 619 g/mol. The van der Waals surface area contributed by atoms with Crippen LogP contribution in [0.25, 0.3) is 78.7 Å². The Bertz CT molecular complexity index is 2510. The summed E-state index contributed by atoms with van der Waals surface area (Å²) in [4.78, 5) is 15.2. The molecule has 0 fully saturated rings. The van der Waals surface area contributed by atoms with Gasteiger partial charge in [0.25, 0.3) is 0 Å². The van der Waals surface area contributed by atoms with E-state index in [-0.39, 0.29) is 5.41 Å². The van der Waals surface area contributed by atoms with Gasteiger partial charge < -0.3 is 0 Å². The zero-order chi connectivity index (χ0) is 34.4. The van der Waals surface area contributed by atoms with Crippen molar-refractivity contribution in [3.63, 3.8) is 0 Å². The van der Waals surface area contributed by atoms with Gasteiger partial charge in [-0.1, -0.05) is 184 Å². The Hall–Kier alpha value is -6.45. The highest BCUT2D eigenvalue weighted by Crippen LogP contribution is 2.56. The molecular formula is C48H35N3. The van der Waals surface area contributed by atoms with E-state index >= 15 is 0 Å². The molecule has 1 aromatic heterocycles. The van der Waals surface area contributed by atoms with E-state index in [1.807, 2.05) is 24.3 Å². The van der Waals surface area contributed by atoms with Gasteiger partial charge in [-0.05, 0) is 61.7 Å². The summed E-state index contributed by atoms with van der Waals surface area (Å²) in [6, 6.07) is 62.0. The van der Waals surface area contributed by atoms with Crippen LogP contribution in [0, 0.1) is 0 Å². The van der Waals surface area contributed by atoms with Crippen molar-refractivity contribution >= 4 is 0 Å². The van der Waals surface area contributed by atoms with E-state index in [4.69, 9.17) is 15.0 Å². The minimum Gasteiger partial charge on any atom is -0.208 e. The van der Waals surface area contributed by atoms with Gasteiger partial charge in [-0.15, -0.1) is 0 Å². The Balaban J connectivity index is 1.21. The molecule has 1 aliphatic carbocycles. The molecule has 7 aromatic carbocycles. The van der Waals surface area contributed by atoms with Gasteiger partial charge in [0.15, 0.2) is 17.5 Å². The topological polar surface area (TPSA) is 38.7 Å². The second-order valence-corrected chi connectivity index (χ2v) is 13.6. The Labute approximate surface area is 299 Å². The molecule has 242 valence electrons. The SMILES string of the molecule is CC1(C)c2cc(-c3nc(-c4ccccc4)nc(-c4ccc(-c5ccccc5)cc4)n3)ccc2-c2c(-c3ccccc3)ccc(-c3ccccc3)c21. The zero-order valence-corrected chi connectivity index (χ0v) is 28.6. The van der Waals surface area contributed by atoms with Crippen LogP contribution in [0.3, 0.4) is 0 Å². The smallest absolute Gasteiger partial charge is 0.164 e. The fourth-order valence-corrected chi connectivity index (χ4v) is 7.59. The molecule has 0 bridgehead atoms. The number of hydrogen-bond donors (Lipinski definition) is 0. The van der Waals surface area contributed by atoms with Crippen molar-refractivity contribution in [3.05, 3.63) is 187 Å². The fourth-order valence-electron chi connectivity index (χ4n) is 7.59. The number of fused-ring (bicyclic) bond motifs is 3. The fraction of sp³-hybridized carbons (Fsp3) is 0.0625. The summed E-state index contributed by atoms with van der Waals surface area (Å²) in [6.45, 7) is 4.70. The first-order valence-electron chi connectivity index (χ1n) is 17.5. The van der Waals surface area contributed by atoms with E-state index in [1.54, 1.807) is 0 Å². The lowest BCUT2D eigenvalue weighted by molar-refractivity contribution is 0.662. The van der Waals surface area contributed by atoms with E-state index in [2.05, 4.69) is 166 Å². The third-order valence-corrected chi connectivity index (χ3v) is 10.1. The van der Waals surface area contributed by atoms with Crippen LogP contribution in [0.2, 0.25) is 0 Å². The highest BCUT2D eigenvalue weighted by molar-refractivity contribution is 5.97. The number of rotatable bonds is 6. The zero-order valence-electron chi connectivity index (χ0n) is 28.6. The molecule has 0 saturated carbocycles. The van der Waals surface area contributed by atoms with Gasteiger partial charge in [0.05, 0.1) is 0 Å². The summed E-state index contributed by atoms with van der Waals surface area (Å²) >= 11 is 0. The van der Waals surface area contributed by atoms with Crippen LogP contribution >= 0.6 is 0 Å². The summed E-state index contributed by atoms with van der Waals surface area (Å²) in [6.07, 6.45) is 0. The molecule has 1 aliphatic rings. The van der Waals surface area contributed by atoms with E-state index in [0.717, 1.165) is 22.3 Å². The van der Waals surface area contributed by atoms with Crippen molar-refractivity contribution in [2.75, 3.05) is 0 Å². The molecule has 0 spiro atoms. The lowest BCUT2D eigenvalue weighted by Crippen LogP contribution is -2.16. The lowest BCUT2D eigenvalue weighted by Gasteiger charge is -2.25. The monoisotopic (exact) mass is 653 g/mol. The maximum absolute atomic E-state index is 5.13. The van der Waals surface area contributed by atoms with Crippen molar-refractivity contribution < 1.29 is 0 Å². The Morgan fingerprint density at radius 2 is 0.706 bits per heavy atom. The average molecular weight is 654 g/mol. The number of hydrogen-bond acceptors (Lipinski definition) is 3. The second-order valence-electron chi connectivity index (χ2n) is 13.6. The van der Waals surface area contributed by atoms with E-state index in [0.29, 0.717) is 17.5 Å². The normalized spacial score (nSPS) is 12.7. The minimum atomic E-state index is -0.276. The van der Waals surface area contributed by atoms with Gasteiger partial charge in [0.1, 0.15) is 0 Å². The predicted octanol–water partition coefficient (Wildman–Crippen LogP) is 12.2. The highest BCUT2D eigenvalue weighted by atomic mass is 15.0. The van der Waals surface area contributed by atoms with Crippen molar-refractivity contribution in [3.8, 4) is 78.7 Å². The average Bonchev–Trinajstić information content (AvgIpc) is 3.45. The molecule has 0 unspecified atom stereocenters. The Morgan fingerprint density at radius 3 is 1.27 bits per heavy atom. The first kappa shape index (κ1) is 30.6. The molecule has 0 atom stereocenters. The molecule has 3 nitrogen and oxygen atoms in total. The summed E-state index contributed by atoms with van der Waals surface area (Å²) < 4.78 is 0. The highest BCUT2D eigenvalue weighted by Gasteiger charge is 2.39. The lowest BCUT2D eigenvalue weighted by atomic mass is 9.77. The van der Waals surface area contributed by atoms with E-state index in [1.165, 1.54) is 50.1 Å². The molecule has 0 amide bonds. The standard InChI is InChI=1S/C48H35N3/c1-48(2)42-31-38(27-28-41(42)43-39(34-17-9-4-10-18-34)29-30-40(44(43)48)35-19-11-5-12-20-35)47-50-45(36-21-13-6-14-22-36)49-46(51-47)37-25-23-33(24-26-37)32-15-7-3-8-16-32/h3-31H,1-2H3. The molecule has 51 heavy (non-hydrogen) atoms. The Morgan fingerprint density at radius 1 is 0.333 bits per heavy atom. The van der Waals surface area contributed by atoms with Gasteiger partial charge in [0, 0.05) is 22.1 Å². The number of aromatic nitrogens is 3. The van der Waals surface area contributed by atoms with Gasteiger partial charge in [0.2, 0.25) is 0 Å².